The number of guanidine groups is 1. The molecule has 0 aliphatic heterocycles. The average Bonchev–Trinajstić information content (AvgIpc) is 3.07. The first-order valence-electron chi connectivity index (χ1n) is 9.27. The minimum Gasteiger partial charge on any atom is -0.496 e. The second-order valence-electron chi connectivity index (χ2n) is 6.48. The molecule has 156 valence electrons. The van der Waals surface area contributed by atoms with Gasteiger partial charge in [0.1, 0.15) is 5.75 Å². The quantitative estimate of drug-likeness (QED) is 0.303. The minimum atomic E-state index is 0. The third-order valence-corrected chi connectivity index (χ3v) is 5.05. The van der Waals surface area contributed by atoms with Crippen LogP contribution in [0.25, 0.3) is 0 Å². The molecule has 1 unspecified atom stereocenters. The summed E-state index contributed by atoms with van der Waals surface area (Å²) >= 11 is 1.69. The highest BCUT2D eigenvalue weighted by Gasteiger charge is 2.18. The van der Waals surface area contributed by atoms with E-state index >= 15 is 0 Å². The smallest absolute Gasteiger partial charge is 0.191 e. The van der Waals surface area contributed by atoms with Crippen LogP contribution in [0.1, 0.15) is 29.2 Å². The molecule has 0 aliphatic rings. The van der Waals surface area contributed by atoms with E-state index in [2.05, 4.69) is 53.0 Å². The zero-order valence-corrected chi connectivity index (χ0v) is 20.5. The molecule has 0 saturated carbocycles. The summed E-state index contributed by atoms with van der Waals surface area (Å²) in [7, 11) is 5.84. The number of aromatic nitrogens is 1. The van der Waals surface area contributed by atoms with Gasteiger partial charge in [0.15, 0.2) is 5.96 Å². The van der Waals surface area contributed by atoms with Crippen molar-refractivity contribution >= 4 is 41.3 Å². The molecule has 2 rings (SSSR count). The number of aliphatic imine (C=N–C) groups is 1. The van der Waals surface area contributed by atoms with Gasteiger partial charge in [0.2, 0.25) is 0 Å². The van der Waals surface area contributed by atoms with Gasteiger partial charge in [0.05, 0.1) is 30.4 Å². The van der Waals surface area contributed by atoms with Gasteiger partial charge in [-0.25, -0.2) is 4.98 Å². The fourth-order valence-corrected chi connectivity index (χ4v) is 3.48. The number of para-hydroxylation sites is 1. The Morgan fingerprint density at radius 2 is 2.04 bits per heavy atom. The Bertz CT molecular complexity index is 735. The number of aryl methyl sites for hydroxylation is 1. The van der Waals surface area contributed by atoms with Crippen LogP contribution in [0.3, 0.4) is 0 Å². The lowest BCUT2D eigenvalue weighted by atomic mass is 10.0. The van der Waals surface area contributed by atoms with Gasteiger partial charge in [0.25, 0.3) is 0 Å². The number of rotatable bonds is 9. The number of hydrogen-bond acceptors (Lipinski definition) is 5. The molecule has 0 radical (unpaired) electrons. The van der Waals surface area contributed by atoms with Crippen LogP contribution in [0.4, 0.5) is 0 Å². The van der Waals surface area contributed by atoms with Crippen LogP contribution in [-0.4, -0.2) is 56.7 Å². The maximum Gasteiger partial charge on any atom is 0.191 e. The highest BCUT2D eigenvalue weighted by molar-refractivity contribution is 14.0. The number of nitrogens with one attached hydrogen (secondary N) is 2. The molecule has 0 spiro atoms. The van der Waals surface area contributed by atoms with Crippen molar-refractivity contribution in [1.82, 2.24) is 20.5 Å². The molecular weight excluding hydrogens is 485 g/mol. The van der Waals surface area contributed by atoms with E-state index in [9.17, 15) is 0 Å². The van der Waals surface area contributed by atoms with Gasteiger partial charge in [-0.1, -0.05) is 18.2 Å². The normalized spacial score (nSPS) is 12.4. The van der Waals surface area contributed by atoms with Crippen molar-refractivity contribution in [1.29, 1.82) is 0 Å². The van der Waals surface area contributed by atoms with Crippen LogP contribution in [0.15, 0.2) is 34.6 Å². The molecule has 1 atom stereocenters. The van der Waals surface area contributed by atoms with Crippen LogP contribution in [0.2, 0.25) is 0 Å². The van der Waals surface area contributed by atoms with Crippen molar-refractivity contribution < 1.29 is 4.74 Å². The second-order valence-corrected chi connectivity index (χ2v) is 7.54. The Morgan fingerprint density at radius 3 is 2.64 bits per heavy atom. The lowest BCUT2D eigenvalue weighted by Gasteiger charge is -2.25. The topological polar surface area (TPSA) is 61.8 Å². The molecule has 0 saturated heterocycles. The first-order valence-corrected chi connectivity index (χ1v) is 10.2. The fourth-order valence-electron chi connectivity index (χ4n) is 2.83. The van der Waals surface area contributed by atoms with Crippen molar-refractivity contribution in [3.8, 4) is 5.75 Å². The zero-order chi connectivity index (χ0) is 19.6. The minimum absolute atomic E-state index is 0. The van der Waals surface area contributed by atoms with Crippen LogP contribution >= 0.6 is 35.3 Å². The Labute approximate surface area is 189 Å². The molecular formula is C20H32IN5OS. The van der Waals surface area contributed by atoms with Crippen molar-refractivity contribution in [2.24, 2.45) is 4.99 Å². The highest BCUT2D eigenvalue weighted by atomic mass is 127. The second kappa shape index (κ2) is 12.9. The van der Waals surface area contributed by atoms with E-state index in [0.29, 0.717) is 6.54 Å². The molecule has 8 heteroatoms. The van der Waals surface area contributed by atoms with Gasteiger partial charge < -0.3 is 20.3 Å². The van der Waals surface area contributed by atoms with E-state index in [1.165, 1.54) is 0 Å². The van der Waals surface area contributed by atoms with Crippen LogP contribution in [-0.2, 0) is 6.42 Å². The molecule has 1 aromatic carbocycles. The number of hydrogen-bond donors (Lipinski definition) is 2. The summed E-state index contributed by atoms with van der Waals surface area (Å²) in [4.78, 5) is 11.5. The lowest BCUT2D eigenvalue weighted by Crippen LogP contribution is -2.39. The number of nitrogens with zero attached hydrogens (tertiary/aromatic N) is 3. The molecule has 2 N–H and O–H groups in total. The maximum atomic E-state index is 5.53. The largest absolute Gasteiger partial charge is 0.496 e. The number of likely N-dealkylation sites (N-methyl/N-ethyl adjacent to an activating group) is 1. The Balaban J connectivity index is 0.00000392. The van der Waals surface area contributed by atoms with Crippen molar-refractivity contribution in [2.45, 2.75) is 26.3 Å². The average molecular weight is 517 g/mol. The Kier molecular flexibility index (Phi) is 11.4. The first kappa shape index (κ1) is 24.6. The summed E-state index contributed by atoms with van der Waals surface area (Å²) in [5.74, 6) is 1.72. The number of benzene rings is 1. The van der Waals surface area contributed by atoms with Crippen LogP contribution in [0.5, 0.6) is 5.75 Å². The predicted octanol–water partition coefficient (Wildman–Crippen LogP) is 3.48. The van der Waals surface area contributed by atoms with E-state index in [1.807, 2.05) is 25.1 Å². The number of methoxy groups -OCH3 is 1. The summed E-state index contributed by atoms with van der Waals surface area (Å²) in [5.41, 5.74) is 2.27. The lowest BCUT2D eigenvalue weighted by molar-refractivity contribution is 0.295. The molecule has 1 heterocycles. The number of ether oxygens (including phenoxy) is 1. The van der Waals surface area contributed by atoms with Crippen molar-refractivity contribution in [3.05, 3.63) is 45.9 Å². The Morgan fingerprint density at radius 1 is 1.29 bits per heavy atom. The van der Waals surface area contributed by atoms with E-state index in [-0.39, 0.29) is 30.0 Å². The summed E-state index contributed by atoms with van der Waals surface area (Å²) < 4.78 is 5.53. The van der Waals surface area contributed by atoms with E-state index in [4.69, 9.17) is 9.73 Å². The molecule has 1 aromatic heterocycles. The summed E-state index contributed by atoms with van der Waals surface area (Å²) in [6, 6.07) is 8.26. The van der Waals surface area contributed by atoms with Gasteiger partial charge in [-0.2, -0.15) is 0 Å². The van der Waals surface area contributed by atoms with Crippen LogP contribution in [0, 0.1) is 6.92 Å². The number of thiazole rings is 1. The van der Waals surface area contributed by atoms with E-state index < -0.39 is 0 Å². The van der Waals surface area contributed by atoms with Gasteiger partial charge in [-0.05, 0) is 34.0 Å². The summed E-state index contributed by atoms with van der Waals surface area (Å²) in [6.45, 7) is 6.37. The molecule has 6 nitrogen and oxygen atoms in total. The third kappa shape index (κ3) is 7.56. The zero-order valence-electron chi connectivity index (χ0n) is 17.4. The molecule has 0 fully saturated rings. The summed E-state index contributed by atoms with van der Waals surface area (Å²) in [6.07, 6.45) is 0.887. The standard InChI is InChI=1S/C20H31N5OS.HI/c1-6-21-20(22-12-11-16-14-27-15(2)24-16)23-13-18(25(3)4)17-9-7-8-10-19(17)26-5;/h7-10,14,18H,6,11-13H2,1-5H3,(H2,21,22,23);1H. The number of halogens is 1. The van der Waals surface area contributed by atoms with Crippen LogP contribution < -0.4 is 15.4 Å². The van der Waals surface area contributed by atoms with Gasteiger partial charge >= 0.3 is 0 Å². The van der Waals surface area contributed by atoms with Gasteiger partial charge in [-0.3, -0.25) is 4.99 Å². The maximum absolute atomic E-state index is 5.53. The van der Waals surface area contributed by atoms with Crippen molar-refractivity contribution in [3.63, 3.8) is 0 Å². The third-order valence-electron chi connectivity index (χ3n) is 4.23. The van der Waals surface area contributed by atoms with Crippen molar-refractivity contribution in [2.75, 3.05) is 40.8 Å². The van der Waals surface area contributed by atoms with E-state index in [0.717, 1.165) is 47.5 Å². The van der Waals surface area contributed by atoms with Gasteiger partial charge in [0, 0.05) is 30.5 Å². The Hall–Kier alpha value is -1.39. The monoisotopic (exact) mass is 517 g/mol. The summed E-state index contributed by atoms with van der Waals surface area (Å²) in [5, 5.41) is 9.95. The predicted molar refractivity (Wildman–Crippen MR) is 129 cm³/mol. The van der Waals surface area contributed by atoms with Gasteiger partial charge in [-0.15, -0.1) is 35.3 Å². The molecule has 28 heavy (non-hydrogen) atoms. The molecule has 0 amide bonds. The first-order chi connectivity index (χ1) is 13.0. The molecule has 0 aliphatic carbocycles. The molecule has 2 aromatic rings. The highest BCUT2D eigenvalue weighted by Crippen LogP contribution is 2.28. The van der Waals surface area contributed by atoms with E-state index in [1.54, 1.807) is 18.4 Å². The fraction of sp³-hybridized carbons (Fsp3) is 0.500. The SMILES string of the molecule is CCNC(=NCC(c1ccccc1OC)N(C)C)NCCc1csc(C)n1.I. The molecule has 0 bridgehead atoms.